The maximum absolute atomic E-state index is 13.8. The van der Waals surface area contributed by atoms with Crippen LogP contribution in [0.25, 0.3) is 0 Å². The van der Waals surface area contributed by atoms with Crippen LogP contribution in [0, 0.1) is 20.8 Å². The van der Waals surface area contributed by atoms with Gasteiger partial charge in [0.25, 0.3) is 0 Å². The van der Waals surface area contributed by atoms with Crippen molar-refractivity contribution in [3.05, 3.63) is 64.7 Å². The SMILES string of the molecule is CC[C@H](C(=O)NC1CCCC1)N(Cc1ccc(C)cc1)C(=O)CN(c1c(C)cccc1C)S(C)(=O)=O. The first-order valence-electron chi connectivity index (χ1n) is 12.7. The lowest BCUT2D eigenvalue weighted by molar-refractivity contribution is -0.140. The van der Waals surface area contributed by atoms with Gasteiger partial charge in [-0.25, -0.2) is 8.42 Å². The zero-order chi connectivity index (χ0) is 26.5. The van der Waals surface area contributed by atoms with E-state index in [2.05, 4.69) is 5.32 Å². The Bertz CT molecular complexity index is 1150. The molecule has 1 aliphatic rings. The van der Waals surface area contributed by atoms with Crippen molar-refractivity contribution in [1.29, 1.82) is 0 Å². The number of nitrogens with one attached hydrogen (secondary N) is 1. The largest absolute Gasteiger partial charge is 0.352 e. The summed E-state index contributed by atoms with van der Waals surface area (Å²) in [5, 5.41) is 3.13. The lowest BCUT2D eigenvalue weighted by Gasteiger charge is -2.34. The van der Waals surface area contributed by atoms with E-state index in [0.717, 1.165) is 54.2 Å². The van der Waals surface area contributed by atoms with Gasteiger partial charge in [0.05, 0.1) is 11.9 Å². The lowest BCUT2D eigenvalue weighted by atomic mass is 10.1. The number of rotatable bonds is 10. The zero-order valence-corrected chi connectivity index (χ0v) is 22.9. The van der Waals surface area contributed by atoms with E-state index in [9.17, 15) is 18.0 Å². The van der Waals surface area contributed by atoms with Gasteiger partial charge in [-0.1, -0.05) is 67.8 Å². The Morgan fingerprint density at radius 2 is 1.58 bits per heavy atom. The minimum atomic E-state index is -3.76. The molecule has 0 bridgehead atoms. The molecular formula is C28H39N3O4S. The van der Waals surface area contributed by atoms with E-state index >= 15 is 0 Å². The molecule has 0 unspecified atom stereocenters. The van der Waals surface area contributed by atoms with Crippen molar-refractivity contribution in [1.82, 2.24) is 10.2 Å². The van der Waals surface area contributed by atoms with Crippen LogP contribution in [0.1, 0.15) is 61.3 Å². The fraction of sp³-hybridized carbons (Fsp3) is 0.500. The molecule has 0 saturated heterocycles. The second-order valence-corrected chi connectivity index (χ2v) is 11.8. The molecule has 2 aromatic carbocycles. The highest BCUT2D eigenvalue weighted by Gasteiger charge is 2.33. The van der Waals surface area contributed by atoms with Gasteiger partial charge in [-0.15, -0.1) is 0 Å². The molecule has 1 N–H and O–H groups in total. The van der Waals surface area contributed by atoms with E-state index in [1.54, 1.807) is 4.90 Å². The highest BCUT2D eigenvalue weighted by atomic mass is 32.2. The van der Waals surface area contributed by atoms with E-state index in [4.69, 9.17) is 0 Å². The van der Waals surface area contributed by atoms with Gasteiger partial charge in [-0.05, 0) is 56.7 Å². The number of sulfonamides is 1. The van der Waals surface area contributed by atoms with Crippen LogP contribution >= 0.6 is 0 Å². The summed E-state index contributed by atoms with van der Waals surface area (Å²) < 4.78 is 26.9. The molecule has 1 aliphatic carbocycles. The highest BCUT2D eigenvalue weighted by molar-refractivity contribution is 7.92. The summed E-state index contributed by atoms with van der Waals surface area (Å²) in [5.41, 5.74) is 4.03. The number of hydrogen-bond donors (Lipinski definition) is 1. The number of nitrogens with zero attached hydrogens (tertiary/aromatic N) is 2. The lowest BCUT2D eigenvalue weighted by Crippen LogP contribution is -2.53. The first-order valence-corrected chi connectivity index (χ1v) is 14.6. The molecule has 1 saturated carbocycles. The number of carbonyl (C=O) groups is 2. The van der Waals surface area contributed by atoms with Gasteiger partial charge in [0.1, 0.15) is 12.6 Å². The van der Waals surface area contributed by atoms with Crippen molar-refractivity contribution >= 4 is 27.5 Å². The van der Waals surface area contributed by atoms with Crippen molar-refractivity contribution in [2.75, 3.05) is 17.1 Å². The third kappa shape index (κ3) is 6.87. The van der Waals surface area contributed by atoms with Crippen LogP contribution in [0.15, 0.2) is 42.5 Å². The smallest absolute Gasteiger partial charge is 0.244 e. The summed E-state index contributed by atoms with van der Waals surface area (Å²) >= 11 is 0. The third-order valence-corrected chi connectivity index (χ3v) is 8.04. The molecule has 7 nitrogen and oxygen atoms in total. The van der Waals surface area contributed by atoms with Gasteiger partial charge in [0.15, 0.2) is 0 Å². The molecule has 1 fully saturated rings. The molecule has 36 heavy (non-hydrogen) atoms. The van der Waals surface area contributed by atoms with Crippen LogP contribution in [-0.2, 0) is 26.2 Å². The third-order valence-electron chi connectivity index (χ3n) is 6.93. The fourth-order valence-corrected chi connectivity index (χ4v) is 5.92. The summed E-state index contributed by atoms with van der Waals surface area (Å²) in [6.45, 7) is 7.39. The average molecular weight is 514 g/mol. The second kappa shape index (κ2) is 11.9. The van der Waals surface area contributed by atoms with Crippen LogP contribution in [0.4, 0.5) is 5.69 Å². The molecule has 0 aliphatic heterocycles. The van der Waals surface area contributed by atoms with Crippen molar-refractivity contribution < 1.29 is 18.0 Å². The molecule has 3 rings (SSSR count). The zero-order valence-electron chi connectivity index (χ0n) is 22.1. The number of carbonyl (C=O) groups excluding carboxylic acids is 2. The van der Waals surface area contributed by atoms with Gasteiger partial charge in [-0.2, -0.15) is 0 Å². The number of amides is 2. The molecule has 0 radical (unpaired) electrons. The topological polar surface area (TPSA) is 86.8 Å². The van der Waals surface area contributed by atoms with Crippen LogP contribution in [-0.4, -0.2) is 50.0 Å². The van der Waals surface area contributed by atoms with Gasteiger partial charge in [0.2, 0.25) is 21.8 Å². The second-order valence-electron chi connectivity index (χ2n) is 9.93. The Labute approximate surface area is 215 Å². The van der Waals surface area contributed by atoms with Gasteiger partial charge in [-0.3, -0.25) is 13.9 Å². The van der Waals surface area contributed by atoms with Crippen molar-refractivity contribution in [3.63, 3.8) is 0 Å². The summed E-state index contributed by atoms with van der Waals surface area (Å²) in [6, 6.07) is 12.8. The van der Waals surface area contributed by atoms with E-state index in [1.165, 1.54) is 4.31 Å². The Kier molecular flexibility index (Phi) is 9.17. The Balaban J connectivity index is 1.95. The van der Waals surface area contributed by atoms with E-state index in [0.29, 0.717) is 12.1 Å². The molecule has 8 heteroatoms. The standard InChI is InChI=1S/C28H39N3O4S/c1-6-25(28(33)29-24-12-7-8-13-24)30(18-23-16-14-20(2)15-17-23)26(32)19-31(36(5,34)35)27-21(3)10-9-11-22(27)4/h9-11,14-17,24-25H,6-8,12-13,18-19H2,1-5H3,(H,29,33)/t25-/m1/s1. The van der Waals surface area contributed by atoms with Crippen LogP contribution in [0.2, 0.25) is 0 Å². The number of benzene rings is 2. The summed E-state index contributed by atoms with van der Waals surface area (Å²) in [6.07, 6.45) is 5.61. The molecular weight excluding hydrogens is 474 g/mol. The molecule has 196 valence electrons. The van der Waals surface area contributed by atoms with Gasteiger partial charge in [0, 0.05) is 12.6 Å². The predicted molar refractivity (Wildman–Crippen MR) is 144 cm³/mol. The van der Waals surface area contributed by atoms with E-state index < -0.39 is 22.0 Å². The molecule has 1 atom stereocenters. The summed E-state index contributed by atoms with van der Waals surface area (Å²) in [4.78, 5) is 28.7. The number of para-hydroxylation sites is 1. The number of anilines is 1. The van der Waals surface area contributed by atoms with Crippen molar-refractivity contribution in [2.45, 2.75) is 78.4 Å². The fourth-order valence-electron chi connectivity index (χ4n) is 4.95. The molecule has 2 aromatic rings. The molecule has 0 aromatic heterocycles. The van der Waals surface area contributed by atoms with Gasteiger partial charge < -0.3 is 10.2 Å². The predicted octanol–water partition coefficient (Wildman–Crippen LogP) is 4.24. The van der Waals surface area contributed by atoms with Crippen LogP contribution in [0.3, 0.4) is 0 Å². The van der Waals surface area contributed by atoms with Crippen LogP contribution < -0.4 is 9.62 Å². The Morgan fingerprint density at radius 3 is 2.11 bits per heavy atom. The maximum atomic E-state index is 13.8. The molecule has 0 spiro atoms. The monoisotopic (exact) mass is 513 g/mol. The highest BCUT2D eigenvalue weighted by Crippen LogP contribution is 2.27. The average Bonchev–Trinajstić information content (AvgIpc) is 3.31. The van der Waals surface area contributed by atoms with Gasteiger partial charge >= 0.3 is 0 Å². The number of aryl methyl sites for hydroxylation is 3. The minimum Gasteiger partial charge on any atom is -0.352 e. The Hall–Kier alpha value is -2.87. The van der Waals surface area contributed by atoms with Crippen molar-refractivity contribution in [2.24, 2.45) is 0 Å². The molecule has 0 heterocycles. The normalized spacial score (nSPS) is 14.9. The maximum Gasteiger partial charge on any atom is 0.244 e. The first kappa shape index (κ1) is 27.7. The quantitative estimate of drug-likeness (QED) is 0.515. The van der Waals surface area contributed by atoms with E-state index in [1.807, 2.05) is 70.2 Å². The summed E-state index contributed by atoms with van der Waals surface area (Å²) in [7, 11) is -3.76. The first-order chi connectivity index (χ1) is 17.0. The van der Waals surface area contributed by atoms with Crippen molar-refractivity contribution in [3.8, 4) is 0 Å². The molecule has 2 amide bonds. The minimum absolute atomic E-state index is 0.130. The van der Waals surface area contributed by atoms with E-state index in [-0.39, 0.29) is 25.0 Å². The van der Waals surface area contributed by atoms with Crippen LogP contribution in [0.5, 0.6) is 0 Å². The Morgan fingerprint density at radius 1 is 1.00 bits per heavy atom. The number of hydrogen-bond acceptors (Lipinski definition) is 4. The summed E-state index contributed by atoms with van der Waals surface area (Å²) in [5.74, 6) is -0.583.